The summed E-state index contributed by atoms with van der Waals surface area (Å²) in [4.78, 5) is 62.6. The van der Waals surface area contributed by atoms with Crippen molar-refractivity contribution in [1.82, 2.24) is 0 Å². The van der Waals surface area contributed by atoms with E-state index in [2.05, 4.69) is 0 Å². The van der Waals surface area contributed by atoms with Gasteiger partial charge in [-0.2, -0.15) is 0 Å². The second kappa shape index (κ2) is 14.5. The standard InChI is InChI=1S/C39H56O14/c1-20(2)21(3)16-31(44)53-30-18-29-35(8)12-11-27(52-34-33(51-25(7)43)32(50-24(6)42)28(19-48-34)49-23(5)41)17-26(35)10-13-38(29,46)39(47)15-14-37(45,22(4)40)36(30,39)9/h10,16,20,27-30,32-34,45-47H,11-15,17-19H2,1-9H3/b21-16+/t27-,28-,29+,30+,32-,33-,34+,35-,36+,37+,38-,39+/m0/s1. The summed E-state index contributed by atoms with van der Waals surface area (Å²) >= 11 is 0. The predicted molar refractivity (Wildman–Crippen MR) is 185 cm³/mol. The number of rotatable bonds is 9. The molecular weight excluding hydrogens is 692 g/mol. The van der Waals surface area contributed by atoms with Crippen molar-refractivity contribution in [3.8, 4) is 0 Å². The number of hydrogen-bond acceptors (Lipinski definition) is 14. The first kappa shape index (κ1) is 41.0. The van der Waals surface area contributed by atoms with Gasteiger partial charge in [-0.1, -0.05) is 38.0 Å². The molecule has 296 valence electrons. The van der Waals surface area contributed by atoms with Crippen molar-refractivity contribution < 1.29 is 67.7 Å². The van der Waals surface area contributed by atoms with E-state index in [1.54, 1.807) is 6.92 Å². The summed E-state index contributed by atoms with van der Waals surface area (Å²) in [5.74, 6) is -3.80. The van der Waals surface area contributed by atoms with E-state index in [0.29, 0.717) is 19.3 Å². The lowest BCUT2D eigenvalue weighted by atomic mass is 9.42. The molecule has 4 fully saturated rings. The van der Waals surface area contributed by atoms with Gasteiger partial charge in [0.15, 0.2) is 30.4 Å². The Bertz CT molecular complexity index is 1570. The Kier molecular flexibility index (Phi) is 11.2. The van der Waals surface area contributed by atoms with Crippen LogP contribution in [0.3, 0.4) is 0 Å². The van der Waals surface area contributed by atoms with E-state index in [9.17, 15) is 39.3 Å². The molecule has 0 bridgehead atoms. The summed E-state index contributed by atoms with van der Waals surface area (Å²) in [6.07, 6.45) is -1.80. The van der Waals surface area contributed by atoms with E-state index in [1.807, 2.05) is 33.8 Å². The SMILES string of the molecule is CC(=O)O[C@@H]1[C@@H](O[C@H]2CC[C@@]3(C)C(=CC[C@]4(O)[C@@H]3C[C@@H](OC(=O)/C=C(\C)C(C)C)[C@@]3(C)[C@]4(O)CC[C@@]3(O)C(C)=O)C2)OC[C@H](OC(C)=O)[C@@H]1OC(C)=O. The monoisotopic (exact) mass is 748 g/mol. The van der Waals surface area contributed by atoms with Crippen LogP contribution in [0.15, 0.2) is 23.3 Å². The Labute approximate surface area is 310 Å². The highest BCUT2D eigenvalue weighted by Gasteiger charge is 2.81. The Morgan fingerprint density at radius 3 is 2.08 bits per heavy atom. The van der Waals surface area contributed by atoms with Crippen LogP contribution in [0.2, 0.25) is 0 Å². The highest BCUT2D eigenvalue weighted by atomic mass is 16.7. The van der Waals surface area contributed by atoms with Crippen molar-refractivity contribution in [2.24, 2.45) is 22.7 Å². The molecular formula is C39H56O14. The van der Waals surface area contributed by atoms with Gasteiger partial charge in [-0.15, -0.1) is 0 Å². The third kappa shape index (κ3) is 6.76. The van der Waals surface area contributed by atoms with E-state index in [0.717, 1.165) is 11.1 Å². The predicted octanol–water partition coefficient (Wildman–Crippen LogP) is 3.16. The van der Waals surface area contributed by atoms with Gasteiger partial charge in [0.25, 0.3) is 0 Å². The Hall–Kier alpha value is -3.17. The zero-order valence-corrected chi connectivity index (χ0v) is 32.3. The quantitative estimate of drug-likeness (QED) is 0.134. The van der Waals surface area contributed by atoms with Gasteiger partial charge in [0, 0.05) is 32.8 Å². The van der Waals surface area contributed by atoms with Crippen LogP contribution in [0.1, 0.15) is 107 Å². The van der Waals surface area contributed by atoms with Crippen molar-refractivity contribution >= 4 is 29.7 Å². The van der Waals surface area contributed by atoms with E-state index in [-0.39, 0.29) is 38.2 Å². The van der Waals surface area contributed by atoms with Crippen molar-refractivity contribution in [2.75, 3.05) is 6.61 Å². The summed E-state index contributed by atoms with van der Waals surface area (Å²) in [6.45, 7) is 13.9. The van der Waals surface area contributed by atoms with Crippen LogP contribution in [0.25, 0.3) is 0 Å². The Balaban J connectivity index is 1.45. The zero-order valence-electron chi connectivity index (χ0n) is 32.3. The molecule has 0 spiro atoms. The molecule has 0 aromatic carbocycles. The first-order valence-corrected chi connectivity index (χ1v) is 18.6. The summed E-state index contributed by atoms with van der Waals surface area (Å²) in [7, 11) is 0. The number of esters is 4. The van der Waals surface area contributed by atoms with Gasteiger partial charge >= 0.3 is 23.9 Å². The molecule has 5 aliphatic rings. The van der Waals surface area contributed by atoms with Crippen LogP contribution >= 0.6 is 0 Å². The molecule has 14 nitrogen and oxygen atoms in total. The first-order valence-electron chi connectivity index (χ1n) is 18.6. The first-order chi connectivity index (χ1) is 24.5. The number of fused-ring (bicyclic) bond motifs is 5. The van der Waals surface area contributed by atoms with Crippen molar-refractivity contribution in [2.45, 2.75) is 161 Å². The van der Waals surface area contributed by atoms with E-state index in [4.69, 9.17) is 28.4 Å². The number of ketones is 1. The van der Waals surface area contributed by atoms with Crippen LogP contribution in [0.5, 0.6) is 0 Å². The molecule has 14 heteroatoms. The summed E-state index contributed by atoms with van der Waals surface area (Å²) < 4.78 is 34.8. The summed E-state index contributed by atoms with van der Waals surface area (Å²) in [5, 5.41) is 37.5. The van der Waals surface area contributed by atoms with Crippen molar-refractivity contribution in [3.63, 3.8) is 0 Å². The van der Waals surface area contributed by atoms with Crippen molar-refractivity contribution in [3.05, 3.63) is 23.3 Å². The second-order valence-electron chi connectivity index (χ2n) is 16.5. The molecule has 0 aromatic rings. The van der Waals surface area contributed by atoms with Gasteiger partial charge in [0.2, 0.25) is 0 Å². The van der Waals surface area contributed by atoms with E-state index < -0.39 is 100 Å². The topological polar surface area (TPSA) is 201 Å². The lowest BCUT2D eigenvalue weighted by Gasteiger charge is -2.67. The average molecular weight is 749 g/mol. The van der Waals surface area contributed by atoms with Crippen LogP contribution in [-0.4, -0.2) is 105 Å². The fourth-order valence-corrected chi connectivity index (χ4v) is 10.0. The highest BCUT2D eigenvalue weighted by molar-refractivity contribution is 5.87. The Morgan fingerprint density at radius 2 is 1.49 bits per heavy atom. The lowest BCUT2D eigenvalue weighted by Crippen LogP contribution is -2.78. The van der Waals surface area contributed by atoms with Gasteiger partial charge < -0.3 is 43.7 Å². The molecule has 0 unspecified atom stereocenters. The maximum absolute atomic E-state index is 13.4. The minimum absolute atomic E-state index is 0.0109. The maximum Gasteiger partial charge on any atom is 0.330 e. The van der Waals surface area contributed by atoms with Gasteiger partial charge in [0.05, 0.1) is 18.1 Å². The molecule has 53 heavy (non-hydrogen) atoms. The molecule has 3 saturated carbocycles. The fourth-order valence-electron chi connectivity index (χ4n) is 10.0. The smallest absolute Gasteiger partial charge is 0.330 e. The largest absolute Gasteiger partial charge is 0.458 e. The van der Waals surface area contributed by atoms with E-state index >= 15 is 0 Å². The number of Topliss-reactive ketones (excluding diaryl/α,β-unsaturated/α-hetero) is 1. The number of hydrogen-bond donors (Lipinski definition) is 3. The van der Waals surface area contributed by atoms with Crippen LogP contribution in [-0.2, 0) is 52.4 Å². The average Bonchev–Trinajstić information content (AvgIpc) is 3.28. The van der Waals surface area contributed by atoms with Crippen molar-refractivity contribution in [1.29, 1.82) is 0 Å². The molecule has 0 radical (unpaired) electrons. The fraction of sp³-hybridized carbons (Fsp3) is 0.769. The molecule has 1 aliphatic heterocycles. The summed E-state index contributed by atoms with van der Waals surface area (Å²) in [6, 6.07) is 0. The molecule has 1 heterocycles. The summed E-state index contributed by atoms with van der Waals surface area (Å²) in [5.41, 5.74) is -6.57. The highest BCUT2D eigenvalue weighted by Crippen LogP contribution is 2.71. The third-order valence-corrected chi connectivity index (χ3v) is 13.3. The molecule has 5 rings (SSSR count). The van der Waals surface area contributed by atoms with Crippen LogP contribution in [0, 0.1) is 22.7 Å². The second-order valence-corrected chi connectivity index (χ2v) is 16.5. The zero-order chi connectivity index (χ0) is 39.5. The molecule has 4 aliphatic carbocycles. The molecule has 3 N–H and O–H groups in total. The Morgan fingerprint density at radius 1 is 0.868 bits per heavy atom. The minimum atomic E-state index is -2.06. The van der Waals surface area contributed by atoms with E-state index in [1.165, 1.54) is 33.8 Å². The number of ether oxygens (including phenoxy) is 6. The van der Waals surface area contributed by atoms with Gasteiger partial charge in [-0.3, -0.25) is 19.2 Å². The molecule has 0 aromatic heterocycles. The number of carbonyl (C=O) groups is 5. The third-order valence-electron chi connectivity index (χ3n) is 13.3. The molecule has 1 saturated heterocycles. The van der Waals surface area contributed by atoms with Gasteiger partial charge in [-0.05, 0) is 77.0 Å². The van der Waals surface area contributed by atoms with Gasteiger partial charge in [0.1, 0.15) is 22.9 Å². The molecule has 12 atom stereocenters. The minimum Gasteiger partial charge on any atom is -0.458 e. The number of carbonyl (C=O) groups excluding carboxylic acids is 5. The molecule has 0 amide bonds. The van der Waals surface area contributed by atoms with Crippen LogP contribution < -0.4 is 0 Å². The maximum atomic E-state index is 13.4. The van der Waals surface area contributed by atoms with Crippen LogP contribution in [0.4, 0.5) is 0 Å². The van der Waals surface area contributed by atoms with Gasteiger partial charge in [-0.25, -0.2) is 4.79 Å². The number of allylic oxidation sites excluding steroid dienone is 1. The normalized spacial score (nSPS) is 42.3. The lowest BCUT2D eigenvalue weighted by molar-refractivity contribution is -0.316. The number of aliphatic hydroxyl groups is 3.